The molecule has 0 aliphatic rings. The minimum absolute atomic E-state index is 0.0513. The van der Waals surface area contributed by atoms with Crippen molar-refractivity contribution in [3.63, 3.8) is 0 Å². The molecule has 5 heteroatoms. The summed E-state index contributed by atoms with van der Waals surface area (Å²) in [4.78, 5) is 14.2. The van der Waals surface area contributed by atoms with Crippen LogP contribution in [-0.2, 0) is 0 Å². The third kappa shape index (κ3) is 3.94. The lowest BCUT2D eigenvalue weighted by molar-refractivity contribution is 0.631. The summed E-state index contributed by atoms with van der Waals surface area (Å²) in [5, 5.41) is 0.546. The van der Waals surface area contributed by atoms with Crippen molar-refractivity contribution < 1.29 is 11.2 Å². The van der Waals surface area contributed by atoms with Crippen LogP contribution >= 0.6 is 11.3 Å². The van der Waals surface area contributed by atoms with Crippen molar-refractivity contribution in [3.05, 3.63) is 127 Å². The van der Waals surface area contributed by atoms with E-state index in [0.717, 1.165) is 22.5 Å². The van der Waals surface area contributed by atoms with Crippen molar-refractivity contribution >= 4 is 31.5 Å². The molecule has 0 bridgehead atoms. The predicted octanol–water partition coefficient (Wildman–Crippen LogP) is 9.05. The van der Waals surface area contributed by atoms with Gasteiger partial charge in [-0.25, -0.2) is 19.3 Å². The number of benzene rings is 5. The molecule has 2 aromatic heterocycles. The Kier molecular flexibility index (Phi) is 4.32. The molecule has 0 aliphatic carbocycles. The Morgan fingerprint density at radius 1 is 0.579 bits per heavy atom. The van der Waals surface area contributed by atoms with Crippen molar-refractivity contribution in [1.29, 1.82) is 0 Å². The number of halogens is 1. The summed E-state index contributed by atoms with van der Waals surface area (Å²) >= 11 is 1.16. The zero-order valence-electron chi connectivity index (χ0n) is 24.8. The second-order valence-electron chi connectivity index (χ2n) is 8.63. The molecule has 180 valence electrons. The molecule has 0 spiro atoms. The third-order valence-corrected chi connectivity index (χ3v) is 7.41. The van der Waals surface area contributed by atoms with Gasteiger partial charge in [0.2, 0.25) is 0 Å². The topological polar surface area (TPSA) is 38.7 Å². The van der Waals surface area contributed by atoms with Gasteiger partial charge < -0.3 is 0 Å². The molecule has 0 amide bonds. The predicted molar refractivity (Wildman–Crippen MR) is 154 cm³/mol. The summed E-state index contributed by atoms with van der Waals surface area (Å²) in [5.74, 6) is 0.724. The molecule has 0 aliphatic heterocycles. The van der Waals surface area contributed by atoms with Crippen LogP contribution in [0.5, 0.6) is 0 Å². The van der Waals surface area contributed by atoms with Crippen molar-refractivity contribution in [2.24, 2.45) is 0 Å². The Morgan fingerprint density at radius 2 is 1.21 bits per heavy atom. The van der Waals surface area contributed by atoms with Crippen LogP contribution in [0.3, 0.4) is 0 Å². The lowest BCUT2D eigenvalue weighted by Crippen LogP contribution is -2.00. The molecule has 0 radical (unpaired) electrons. The summed E-state index contributed by atoms with van der Waals surface area (Å²) in [7, 11) is 0. The fourth-order valence-electron chi connectivity index (χ4n) is 4.43. The van der Waals surface area contributed by atoms with E-state index < -0.39 is 5.82 Å². The maximum absolute atomic E-state index is 15.6. The Bertz CT molecular complexity index is 2150. The van der Waals surface area contributed by atoms with Crippen LogP contribution in [0, 0.1) is 5.82 Å². The van der Waals surface area contributed by atoms with Gasteiger partial charge in [0, 0.05) is 48.0 Å². The maximum atomic E-state index is 15.6. The van der Waals surface area contributed by atoms with Crippen LogP contribution in [0.4, 0.5) is 4.39 Å². The Morgan fingerprint density at radius 3 is 1.89 bits per heavy atom. The average Bonchev–Trinajstić information content (AvgIpc) is 3.45. The molecule has 0 fully saturated rings. The molecular weight excluding hydrogens is 489 g/mol. The van der Waals surface area contributed by atoms with Crippen LogP contribution in [0.25, 0.3) is 65.5 Å². The van der Waals surface area contributed by atoms with E-state index in [1.807, 2.05) is 60.7 Å². The Labute approximate surface area is 230 Å². The van der Waals surface area contributed by atoms with Gasteiger partial charge in [-0.2, -0.15) is 0 Å². The first-order chi connectivity index (χ1) is 20.8. The largest absolute Gasteiger partial charge is 0.208 e. The van der Waals surface area contributed by atoms with Gasteiger partial charge in [-0.15, -0.1) is 11.3 Å². The number of hydrogen-bond donors (Lipinski definition) is 0. The van der Waals surface area contributed by atoms with Gasteiger partial charge in [0.15, 0.2) is 17.5 Å². The second-order valence-corrected chi connectivity index (χ2v) is 9.65. The molecule has 0 N–H and O–H groups in total. The molecule has 0 saturated heterocycles. The lowest BCUT2D eigenvalue weighted by atomic mass is 10.00. The van der Waals surface area contributed by atoms with Crippen molar-refractivity contribution in [3.8, 4) is 45.3 Å². The maximum Gasteiger partial charge on any atom is 0.164 e. The van der Waals surface area contributed by atoms with E-state index in [0.29, 0.717) is 38.0 Å². The number of rotatable bonds is 4. The standard InChI is InChI=1S/C33H20FN3S/c34-28-19-18-23(20-27(28)26-16-9-15-25-24-14-7-8-17-29(24)38-30(25)26)33-36-31(21-10-3-1-4-11-21)35-32(37-33)22-12-5-2-6-13-22/h1-20H/i7D,9D,14D,15D,17D. The van der Waals surface area contributed by atoms with Gasteiger partial charge in [0.25, 0.3) is 0 Å². The fraction of sp³-hybridized carbons (Fsp3) is 0. The molecule has 0 saturated carbocycles. The van der Waals surface area contributed by atoms with Crippen LogP contribution < -0.4 is 0 Å². The van der Waals surface area contributed by atoms with E-state index in [1.54, 1.807) is 12.1 Å². The molecule has 7 rings (SSSR count). The monoisotopic (exact) mass is 514 g/mol. The van der Waals surface area contributed by atoms with Crippen LogP contribution in [-0.4, -0.2) is 15.0 Å². The molecule has 0 atom stereocenters. The SMILES string of the molecule is [2H]c1cc([2H])c2sc3c(-c4cc(-c5nc(-c6ccccc6)nc(-c6ccccc6)n5)ccc4F)cc([2H])c([2H])c3c2c1[2H]. The summed E-state index contributed by atoms with van der Waals surface area (Å²) in [6.45, 7) is 0. The van der Waals surface area contributed by atoms with E-state index >= 15 is 4.39 Å². The zero-order chi connectivity index (χ0) is 29.8. The van der Waals surface area contributed by atoms with Crippen LogP contribution in [0.1, 0.15) is 6.85 Å². The zero-order valence-corrected chi connectivity index (χ0v) is 20.6. The highest BCUT2D eigenvalue weighted by atomic mass is 32.1. The van der Waals surface area contributed by atoms with Crippen molar-refractivity contribution in [2.45, 2.75) is 0 Å². The highest BCUT2D eigenvalue weighted by molar-refractivity contribution is 7.26. The van der Waals surface area contributed by atoms with E-state index in [4.69, 9.17) is 21.8 Å². The summed E-state index contributed by atoms with van der Waals surface area (Å²) in [6.07, 6.45) is 0. The number of aromatic nitrogens is 3. The van der Waals surface area contributed by atoms with Crippen molar-refractivity contribution in [1.82, 2.24) is 15.0 Å². The molecule has 7 aromatic rings. The first-order valence-corrected chi connectivity index (χ1v) is 12.7. The molecule has 2 heterocycles. The van der Waals surface area contributed by atoms with Gasteiger partial charge in [0.05, 0.1) is 6.85 Å². The van der Waals surface area contributed by atoms with Crippen molar-refractivity contribution in [2.75, 3.05) is 0 Å². The fourth-order valence-corrected chi connectivity index (χ4v) is 5.54. The molecule has 5 aromatic carbocycles. The molecular formula is C33H20FN3S. The van der Waals surface area contributed by atoms with E-state index in [9.17, 15) is 0 Å². The minimum Gasteiger partial charge on any atom is -0.208 e. The van der Waals surface area contributed by atoms with Crippen LogP contribution in [0.2, 0.25) is 0 Å². The van der Waals surface area contributed by atoms with Gasteiger partial charge in [-0.3, -0.25) is 0 Å². The van der Waals surface area contributed by atoms with Gasteiger partial charge in [0.1, 0.15) is 5.82 Å². The first kappa shape index (κ1) is 17.7. The molecule has 0 unspecified atom stereocenters. The lowest BCUT2D eigenvalue weighted by Gasteiger charge is -2.11. The quantitative estimate of drug-likeness (QED) is 0.235. The number of fused-ring (bicyclic) bond motifs is 3. The summed E-state index contributed by atoms with van der Waals surface area (Å²) < 4.78 is 58.7. The summed E-state index contributed by atoms with van der Waals surface area (Å²) in [5.41, 5.74) is 2.67. The minimum atomic E-state index is -0.543. The second kappa shape index (κ2) is 9.29. The highest BCUT2D eigenvalue weighted by Gasteiger charge is 2.17. The third-order valence-electron chi connectivity index (χ3n) is 6.25. The first-order valence-electron chi connectivity index (χ1n) is 14.4. The van der Waals surface area contributed by atoms with E-state index in [2.05, 4.69) is 0 Å². The normalized spacial score (nSPS) is 13.1. The van der Waals surface area contributed by atoms with Gasteiger partial charge >= 0.3 is 0 Å². The smallest absolute Gasteiger partial charge is 0.164 e. The average molecular weight is 515 g/mol. The van der Waals surface area contributed by atoms with Gasteiger partial charge in [-0.1, -0.05) is 97.0 Å². The van der Waals surface area contributed by atoms with Gasteiger partial charge in [-0.05, 0) is 24.2 Å². The van der Waals surface area contributed by atoms with E-state index in [1.165, 1.54) is 18.2 Å². The Hall–Kier alpha value is -4.74. The summed E-state index contributed by atoms with van der Waals surface area (Å²) in [6, 6.07) is 25.8. The molecule has 3 nitrogen and oxygen atoms in total. The Balaban J connectivity index is 1.48. The number of nitrogens with zero attached hydrogens (tertiary/aromatic N) is 3. The molecule has 38 heavy (non-hydrogen) atoms. The highest BCUT2D eigenvalue weighted by Crippen LogP contribution is 2.41. The van der Waals surface area contributed by atoms with E-state index in [-0.39, 0.29) is 46.5 Å². The number of hydrogen-bond acceptors (Lipinski definition) is 4. The van der Waals surface area contributed by atoms with Crippen LogP contribution in [0.15, 0.2) is 121 Å². The number of thiophene rings is 1.